The first-order valence-electron chi connectivity index (χ1n) is 1.09. The van der Waals surface area contributed by atoms with E-state index in [0.717, 1.165) is 6.92 Å². The molecule has 6 heavy (non-hydrogen) atoms. The van der Waals surface area contributed by atoms with Gasteiger partial charge in [0.05, 0.1) is 0 Å². The van der Waals surface area contributed by atoms with Crippen molar-refractivity contribution in [1.29, 1.82) is 0 Å². The fourth-order valence-electron chi connectivity index (χ4n) is 0. The zero-order chi connectivity index (χ0) is 4.28. The number of hydrogen-bond donors (Lipinski definition) is 1. The molecule has 0 heterocycles. The summed E-state index contributed by atoms with van der Waals surface area (Å²) in [6.45, 7) is 1.11. The van der Waals surface area contributed by atoms with E-state index < -0.39 is 5.97 Å². The Morgan fingerprint density at radius 3 is 2.17 bits per heavy atom. The summed E-state index contributed by atoms with van der Waals surface area (Å²) in [6.07, 6.45) is 0. The van der Waals surface area contributed by atoms with Crippen LogP contribution in [-0.4, -0.2) is 49.0 Å². The average molecular weight is 118 g/mol. The Labute approximate surface area is 68.2 Å². The minimum atomic E-state index is -0.690. The van der Waals surface area contributed by atoms with Crippen molar-refractivity contribution in [3.05, 3.63) is 0 Å². The van der Waals surface area contributed by atoms with Crippen molar-refractivity contribution in [3.8, 4) is 0 Å². The summed E-state index contributed by atoms with van der Waals surface area (Å²) in [7, 11) is 0. The summed E-state index contributed by atoms with van der Waals surface area (Å²) in [5.74, 6) is -0.690. The molecular formula is C2H6CaO3. The standard InChI is InChI=1S/C2H4O3.Ca.2H/c1-2(3)5-4;;;/h4H,1H3;;;/q;+2;2*-1. The molecule has 34 valence electrons. The maximum Gasteiger partial charge on any atom is 2.00 e. The molecule has 0 aromatic heterocycles. The molecule has 0 aromatic carbocycles. The van der Waals surface area contributed by atoms with Gasteiger partial charge in [-0.15, -0.1) is 0 Å². The van der Waals surface area contributed by atoms with Gasteiger partial charge in [-0.05, 0) is 0 Å². The summed E-state index contributed by atoms with van der Waals surface area (Å²) >= 11 is 0. The monoisotopic (exact) mass is 118 g/mol. The molecule has 0 amide bonds. The second kappa shape index (κ2) is 5.69. The minimum Gasteiger partial charge on any atom is -1.00 e. The molecule has 0 radical (unpaired) electrons. The number of rotatable bonds is 0. The predicted molar refractivity (Wildman–Crippen MR) is 22.4 cm³/mol. The van der Waals surface area contributed by atoms with Gasteiger partial charge in [0.1, 0.15) is 0 Å². The molecule has 0 aromatic rings. The van der Waals surface area contributed by atoms with E-state index in [2.05, 4.69) is 4.89 Å². The van der Waals surface area contributed by atoms with Crippen LogP contribution in [0.3, 0.4) is 0 Å². The van der Waals surface area contributed by atoms with Gasteiger partial charge in [0.2, 0.25) is 0 Å². The van der Waals surface area contributed by atoms with E-state index in [1.807, 2.05) is 0 Å². The summed E-state index contributed by atoms with van der Waals surface area (Å²) < 4.78 is 0. The summed E-state index contributed by atoms with van der Waals surface area (Å²) in [4.78, 5) is 12.5. The third-order valence-electron chi connectivity index (χ3n) is 0.129. The fourth-order valence-corrected chi connectivity index (χ4v) is 0. The summed E-state index contributed by atoms with van der Waals surface area (Å²) in [5, 5.41) is 7.29. The number of carbonyl (C=O) groups is 1. The van der Waals surface area contributed by atoms with Gasteiger partial charge in [-0.2, -0.15) is 5.26 Å². The molecule has 4 heteroatoms. The largest absolute Gasteiger partial charge is 2.00 e. The van der Waals surface area contributed by atoms with Crippen LogP contribution >= 0.6 is 0 Å². The summed E-state index contributed by atoms with van der Waals surface area (Å²) in [6, 6.07) is 0. The van der Waals surface area contributed by atoms with E-state index in [9.17, 15) is 4.79 Å². The molecule has 0 fully saturated rings. The van der Waals surface area contributed by atoms with Gasteiger partial charge in [0, 0.05) is 6.92 Å². The Balaban J connectivity index is -0.0000000267. The molecule has 0 atom stereocenters. The predicted octanol–water partition coefficient (Wildman–Crippen LogP) is -0.133. The van der Waals surface area contributed by atoms with Crippen molar-refractivity contribution in [1.82, 2.24) is 0 Å². The van der Waals surface area contributed by atoms with E-state index in [4.69, 9.17) is 5.26 Å². The van der Waals surface area contributed by atoms with Crippen LogP contribution in [0, 0.1) is 0 Å². The van der Waals surface area contributed by atoms with Crippen LogP contribution in [0.15, 0.2) is 0 Å². The van der Waals surface area contributed by atoms with E-state index in [-0.39, 0.29) is 40.6 Å². The van der Waals surface area contributed by atoms with Crippen LogP contribution in [0.2, 0.25) is 0 Å². The van der Waals surface area contributed by atoms with E-state index in [1.54, 1.807) is 0 Å². The van der Waals surface area contributed by atoms with E-state index in [1.165, 1.54) is 0 Å². The van der Waals surface area contributed by atoms with Gasteiger partial charge < -0.3 is 7.74 Å². The normalized spacial score (nSPS) is 5.67. The van der Waals surface area contributed by atoms with Crippen molar-refractivity contribution in [3.63, 3.8) is 0 Å². The number of hydrogen-bond acceptors (Lipinski definition) is 3. The van der Waals surface area contributed by atoms with Crippen molar-refractivity contribution in [2.24, 2.45) is 0 Å². The Morgan fingerprint density at radius 1 is 2.00 bits per heavy atom. The first-order chi connectivity index (χ1) is 2.27. The maximum absolute atomic E-state index is 9.34. The van der Waals surface area contributed by atoms with Crippen LogP contribution in [0.1, 0.15) is 9.78 Å². The van der Waals surface area contributed by atoms with Gasteiger partial charge in [-0.3, -0.25) is 0 Å². The molecule has 1 N–H and O–H groups in total. The SMILES string of the molecule is CC(=O)OO.[Ca+2].[H-].[H-]. The molecule has 0 bridgehead atoms. The van der Waals surface area contributed by atoms with Crippen LogP contribution in [-0.2, 0) is 9.68 Å². The van der Waals surface area contributed by atoms with Crippen LogP contribution in [0.5, 0.6) is 0 Å². The molecule has 0 saturated carbocycles. The maximum atomic E-state index is 9.34. The smallest absolute Gasteiger partial charge is 1.00 e. The van der Waals surface area contributed by atoms with Crippen LogP contribution in [0.25, 0.3) is 0 Å². The quantitative estimate of drug-likeness (QED) is 0.274. The van der Waals surface area contributed by atoms with E-state index >= 15 is 0 Å². The minimum absolute atomic E-state index is 0. The first-order valence-corrected chi connectivity index (χ1v) is 1.09. The van der Waals surface area contributed by atoms with Gasteiger partial charge in [0.25, 0.3) is 0 Å². The average Bonchev–Trinajstić information content (AvgIpc) is 1.38. The Morgan fingerprint density at radius 2 is 2.17 bits per heavy atom. The second-order valence-electron chi connectivity index (χ2n) is 0.583. The molecule has 0 saturated heterocycles. The molecule has 0 spiro atoms. The Kier molecular flexibility index (Phi) is 9.34. The third-order valence-corrected chi connectivity index (χ3v) is 0.129. The van der Waals surface area contributed by atoms with Gasteiger partial charge in [-0.25, -0.2) is 4.79 Å². The molecule has 0 rings (SSSR count). The van der Waals surface area contributed by atoms with Gasteiger partial charge in [-0.1, -0.05) is 0 Å². The van der Waals surface area contributed by atoms with E-state index in [0.29, 0.717) is 0 Å². The molecule has 3 nitrogen and oxygen atoms in total. The van der Waals surface area contributed by atoms with Crippen LogP contribution < -0.4 is 0 Å². The molecule has 0 aliphatic heterocycles. The Hall–Kier alpha value is 0.690. The zero-order valence-electron chi connectivity index (χ0n) is 5.47. The third kappa shape index (κ3) is 8.83. The van der Waals surface area contributed by atoms with Gasteiger partial charge >= 0.3 is 43.7 Å². The fraction of sp³-hybridized carbons (Fsp3) is 0.500. The topological polar surface area (TPSA) is 46.5 Å². The van der Waals surface area contributed by atoms with Crippen molar-refractivity contribution in [2.45, 2.75) is 6.92 Å². The first kappa shape index (κ1) is 9.85. The van der Waals surface area contributed by atoms with Crippen LogP contribution in [0.4, 0.5) is 0 Å². The van der Waals surface area contributed by atoms with Crippen molar-refractivity contribution in [2.75, 3.05) is 0 Å². The molecule has 0 aliphatic rings. The van der Waals surface area contributed by atoms with Crippen molar-refractivity contribution >= 4 is 43.7 Å². The van der Waals surface area contributed by atoms with Gasteiger partial charge in [0.15, 0.2) is 0 Å². The van der Waals surface area contributed by atoms with Crippen molar-refractivity contribution < 1.29 is 17.8 Å². The molecule has 0 aliphatic carbocycles. The Bertz CT molecular complexity index is 50.5. The zero-order valence-corrected chi connectivity index (χ0v) is 5.68. The number of carbonyl (C=O) groups excluding carboxylic acids is 1. The molecular weight excluding hydrogens is 112 g/mol. The molecule has 0 unspecified atom stereocenters. The summed E-state index contributed by atoms with van der Waals surface area (Å²) in [5.41, 5.74) is 0. The second-order valence-corrected chi connectivity index (χ2v) is 0.583.